The highest BCUT2D eigenvalue weighted by Gasteiger charge is 2.31. The maximum absolute atomic E-state index is 12.6. The number of halogens is 1. The summed E-state index contributed by atoms with van der Waals surface area (Å²) in [4.78, 5) is 25.8. The van der Waals surface area contributed by atoms with Gasteiger partial charge in [0.1, 0.15) is 28.2 Å². The van der Waals surface area contributed by atoms with Gasteiger partial charge in [-0.15, -0.1) is 0 Å². The number of fused-ring (bicyclic) bond motifs is 1. The van der Waals surface area contributed by atoms with E-state index in [1.807, 2.05) is 38.5 Å². The second kappa shape index (κ2) is 12.2. The Bertz CT molecular complexity index is 1420. The maximum Gasteiger partial charge on any atom is 0.326 e. The number of esters is 1. The minimum atomic E-state index is -0.737. The fourth-order valence-corrected chi connectivity index (χ4v) is 5.15. The smallest absolute Gasteiger partial charge is 0.326 e. The van der Waals surface area contributed by atoms with Crippen LogP contribution in [0.15, 0.2) is 12.4 Å². The average Bonchev–Trinajstić information content (AvgIpc) is 3.51. The summed E-state index contributed by atoms with van der Waals surface area (Å²) in [6, 6.07) is 0. The number of anilines is 1. The highest BCUT2D eigenvalue weighted by Crippen LogP contribution is 2.29. The summed E-state index contributed by atoms with van der Waals surface area (Å²) in [6.07, 6.45) is 9.36. The number of rotatable bonds is 9. The normalized spacial score (nSPS) is 13.9. The maximum atomic E-state index is 12.6. The van der Waals surface area contributed by atoms with Gasteiger partial charge in [0.25, 0.3) is 0 Å². The number of nitrogen functional groups attached to an aromatic ring is 1. The van der Waals surface area contributed by atoms with Crippen molar-refractivity contribution in [2.45, 2.75) is 84.4 Å². The van der Waals surface area contributed by atoms with Crippen LogP contribution in [-0.4, -0.2) is 50.8 Å². The monoisotopic (exact) mass is 552 g/mol. The van der Waals surface area contributed by atoms with Gasteiger partial charge < -0.3 is 25.1 Å². The molecule has 0 atom stereocenters. The third-order valence-corrected chi connectivity index (χ3v) is 7.39. The number of nitrogens with two attached hydrogens (primary N) is 1. The number of nitrogens with zero attached hydrogens (tertiary/aromatic N) is 4. The third-order valence-electron chi connectivity index (χ3n) is 7.11. The van der Waals surface area contributed by atoms with Crippen LogP contribution in [0.2, 0.25) is 5.15 Å². The van der Waals surface area contributed by atoms with E-state index in [0.29, 0.717) is 30.5 Å². The van der Waals surface area contributed by atoms with Crippen molar-refractivity contribution in [1.29, 1.82) is 0 Å². The molecule has 0 radical (unpaired) electrons. The molecule has 0 spiro atoms. The van der Waals surface area contributed by atoms with Crippen molar-refractivity contribution in [3.05, 3.63) is 39.9 Å². The lowest BCUT2D eigenvalue weighted by molar-refractivity contribution is -0.155. The summed E-state index contributed by atoms with van der Waals surface area (Å²) >= 11 is 6.48. The number of nitrogens with one attached hydrogen (secondary N) is 1. The van der Waals surface area contributed by atoms with E-state index in [1.54, 1.807) is 13.3 Å². The number of unbranched alkanes of at least 4 members (excludes halogenated alkanes) is 1. The van der Waals surface area contributed by atoms with Gasteiger partial charge in [0.05, 0.1) is 30.3 Å². The summed E-state index contributed by atoms with van der Waals surface area (Å²) < 4.78 is 13.2. The quantitative estimate of drug-likeness (QED) is 0.169. The van der Waals surface area contributed by atoms with Crippen LogP contribution in [0.1, 0.15) is 74.8 Å². The van der Waals surface area contributed by atoms with E-state index in [1.165, 1.54) is 0 Å². The minimum Gasteiger partial charge on any atom is -0.496 e. The number of hydrogen-bond donors (Lipinski definition) is 2. The summed E-state index contributed by atoms with van der Waals surface area (Å²) in [5.74, 6) is 7.16. The fourth-order valence-electron chi connectivity index (χ4n) is 4.88. The zero-order valence-corrected chi connectivity index (χ0v) is 24.1. The molecule has 0 amide bonds. The van der Waals surface area contributed by atoms with Gasteiger partial charge in [0.15, 0.2) is 0 Å². The van der Waals surface area contributed by atoms with Crippen LogP contribution in [-0.2, 0) is 16.1 Å². The van der Waals surface area contributed by atoms with Crippen molar-refractivity contribution < 1.29 is 14.3 Å². The molecule has 208 valence electrons. The predicted molar refractivity (Wildman–Crippen MR) is 153 cm³/mol. The lowest BCUT2D eigenvalue weighted by Crippen LogP contribution is -2.49. The molecule has 10 heteroatoms. The van der Waals surface area contributed by atoms with Crippen molar-refractivity contribution in [1.82, 2.24) is 24.8 Å². The van der Waals surface area contributed by atoms with E-state index in [2.05, 4.69) is 32.1 Å². The number of aryl methyl sites for hydroxylation is 1. The molecule has 0 bridgehead atoms. The molecule has 0 aromatic carbocycles. The Hall–Kier alpha value is -3.35. The van der Waals surface area contributed by atoms with Gasteiger partial charge in [-0.25, -0.2) is 4.98 Å². The number of hydrogen-bond acceptors (Lipinski definition) is 8. The summed E-state index contributed by atoms with van der Waals surface area (Å²) in [6.45, 7) is 8.76. The second-order valence-corrected chi connectivity index (χ2v) is 10.9. The molecular weight excluding hydrogens is 516 g/mol. The van der Waals surface area contributed by atoms with Crippen molar-refractivity contribution in [2.75, 3.05) is 19.4 Å². The van der Waals surface area contributed by atoms with Crippen LogP contribution in [0.5, 0.6) is 5.75 Å². The SMILES string of the molecule is COc1c(C)cnc(Cn2cc(C#CCCCNC(C)(C)C(=O)OC3CCCC3)c3c(Cl)nc(N)nc32)c1C. The molecule has 1 saturated carbocycles. The van der Waals surface area contributed by atoms with Gasteiger partial charge in [-0.1, -0.05) is 23.4 Å². The molecular formula is C29H37ClN6O3. The molecule has 1 aliphatic rings. The molecule has 9 nitrogen and oxygen atoms in total. The molecule has 39 heavy (non-hydrogen) atoms. The van der Waals surface area contributed by atoms with E-state index < -0.39 is 5.54 Å². The molecule has 3 aromatic rings. The Kier molecular flexibility index (Phi) is 8.98. The topological polar surface area (TPSA) is 117 Å². The Morgan fingerprint density at radius 3 is 2.74 bits per heavy atom. The lowest BCUT2D eigenvalue weighted by atomic mass is 10.1. The van der Waals surface area contributed by atoms with Crippen LogP contribution < -0.4 is 15.8 Å². The zero-order chi connectivity index (χ0) is 28.2. The minimum absolute atomic E-state index is 0.0606. The second-order valence-electron chi connectivity index (χ2n) is 10.6. The predicted octanol–water partition coefficient (Wildman–Crippen LogP) is 4.72. The summed E-state index contributed by atoms with van der Waals surface area (Å²) in [7, 11) is 1.66. The number of aromatic nitrogens is 4. The number of methoxy groups -OCH3 is 1. The van der Waals surface area contributed by atoms with E-state index in [0.717, 1.165) is 60.2 Å². The van der Waals surface area contributed by atoms with E-state index in [9.17, 15) is 4.79 Å². The Labute approximate surface area is 234 Å². The average molecular weight is 553 g/mol. The molecule has 0 aliphatic heterocycles. The molecule has 4 rings (SSSR count). The van der Waals surface area contributed by atoms with Gasteiger partial charge in [0.2, 0.25) is 5.95 Å². The van der Waals surface area contributed by atoms with Crippen LogP contribution in [0.25, 0.3) is 11.0 Å². The Morgan fingerprint density at radius 1 is 1.28 bits per heavy atom. The summed E-state index contributed by atoms with van der Waals surface area (Å²) in [5.41, 5.74) is 9.28. The number of pyridine rings is 1. The van der Waals surface area contributed by atoms with Crippen molar-refractivity contribution >= 4 is 34.6 Å². The number of ether oxygens (including phenoxy) is 2. The largest absolute Gasteiger partial charge is 0.496 e. The molecule has 3 N–H and O–H groups in total. The highest BCUT2D eigenvalue weighted by molar-refractivity contribution is 6.34. The van der Waals surface area contributed by atoms with E-state index in [4.69, 9.17) is 26.8 Å². The van der Waals surface area contributed by atoms with Gasteiger partial charge >= 0.3 is 5.97 Å². The van der Waals surface area contributed by atoms with Crippen LogP contribution >= 0.6 is 11.6 Å². The first kappa shape index (κ1) is 28.7. The first-order valence-corrected chi connectivity index (χ1v) is 13.7. The molecule has 0 saturated heterocycles. The molecule has 3 heterocycles. The van der Waals surface area contributed by atoms with Crippen molar-refractivity contribution in [2.24, 2.45) is 0 Å². The summed E-state index contributed by atoms with van der Waals surface area (Å²) in [5, 5.41) is 4.22. The first-order valence-electron chi connectivity index (χ1n) is 13.4. The van der Waals surface area contributed by atoms with Gasteiger partial charge in [-0.3, -0.25) is 9.78 Å². The molecule has 3 aromatic heterocycles. The van der Waals surface area contributed by atoms with Gasteiger partial charge in [0, 0.05) is 29.9 Å². The van der Waals surface area contributed by atoms with Gasteiger partial charge in [-0.2, -0.15) is 4.98 Å². The lowest BCUT2D eigenvalue weighted by Gasteiger charge is -2.26. The molecule has 0 unspecified atom stereocenters. The third kappa shape index (κ3) is 6.63. The molecule has 1 aliphatic carbocycles. The Morgan fingerprint density at radius 2 is 2.03 bits per heavy atom. The Balaban J connectivity index is 1.44. The van der Waals surface area contributed by atoms with E-state index in [-0.39, 0.29) is 23.2 Å². The van der Waals surface area contributed by atoms with Crippen molar-refractivity contribution in [3.8, 4) is 17.6 Å². The van der Waals surface area contributed by atoms with Crippen LogP contribution in [0, 0.1) is 25.7 Å². The van der Waals surface area contributed by atoms with Gasteiger partial charge in [-0.05, 0) is 66.3 Å². The van der Waals surface area contributed by atoms with Crippen LogP contribution in [0.3, 0.4) is 0 Å². The first-order chi connectivity index (χ1) is 18.6. The molecule has 1 fully saturated rings. The standard InChI is InChI=1S/C29H37ClN6O3/c1-18-15-32-22(19(2)24(18)38-5)17-36-16-20(23-25(30)34-28(31)35-26(23)36)11-7-6-10-14-33-29(3,4)27(37)39-21-12-8-9-13-21/h15-16,21,33H,6,8-10,12-14,17H2,1-5H3,(H2,31,34,35). The zero-order valence-electron chi connectivity index (χ0n) is 23.4. The number of carbonyl (C=O) groups excluding carboxylic acids is 1. The van der Waals surface area contributed by atoms with Crippen LogP contribution in [0.4, 0.5) is 5.95 Å². The fraction of sp³-hybridized carbons (Fsp3) is 0.517. The van der Waals surface area contributed by atoms with Crippen molar-refractivity contribution in [3.63, 3.8) is 0 Å². The highest BCUT2D eigenvalue weighted by atomic mass is 35.5. The number of carbonyl (C=O) groups is 1. The van der Waals surface area contributed by atoms with E-state index >= 15 is 0 Å².